The Labute approximate surface area is 190 Å². The molecule has 0 aliphatic heterocycles. The zero-order chi connectivity index (χ0) is 22.0. The van der Waals surface area contributed by atoms with Gasteiger partial charge < -0.3 is 14.9 Å². The third-order valence-corrected chi connectivity index (χ3v) is 6.37. The maximum absolute atomic E-state index is 13.5. The Kier molecular flexibility index (Phi) is 6.11. The van der Waals surface area contributed by atoms with Crippen LogP contribution >= 0.6 is 22.9 Å². The van der Waals surface area contributed by atoms with Gasteiger partial charge in [0.1, 0.15) is 5.75 Å². The highest BCUT2D eigenvalue weighted by atomic mass is 35.5. The fourth-order valence-corrected chi connectivity index (χ4v) is 4.59. The zero-order valence-electron chi connectivity index (χ0n) is 17.2. The van der Waals surface area contributed by atoms with Crippen molar-refractivity contribution in [1.82, 2.24) is 4.98 Å². The lowest BCUT2D eigenvalue weighted by Crippen LogP contribution is -2.31. The average Bonchev–Trinajstić information content (AvgIpc) is 3.17. The topological polar surface area (TPSA) is 56.7 Å². The maximum atomic E-state index is 13.5. The van der Waals surface area contributed by atoms with E-state index in [9.17, 15) is 9.90 Å². The molecule has 0 unspecified atom stereocenters. The summed E-state index contributed by atoms with van der Waals surface area (Å²) in [7, 11) is 3.96. The Balaban J connectivity index is 1.68. The van der Waals surface area contributed by atoms with Crippen LogP contribution in [0.25, 0.3) is 10.8 Å². The summed E-state index contributed by atoms with van der Waals surface area (Å²) in [5.74, 6) is 0.0642. The Hall–Kier alpha value is -3.09. The molecule has 1 amide bonds. The summed E-state index contributed by atoms with van der Waals surface area (Å²) in [6.45, 7) is 0.418. The molecule has 0 atom stereocenters. The number of phenols is 1. The number of phenolic OH excluding ortho intramolecular Hbond substituents is 1. The first-order valence-corrected chi connectivity index (χ1v) is 11.0. The van der Waals surface area contributed by atoms with E-state index in [0.29, 0.717) is 22.5 Å². The molecule has 31 heavy (non-hydrogen) atoms. The third-order valence-electron chi connectivity index (χ3n) is 5.10. The van der Waals surface area contributed by atoms with E-state index in [1.807, 2.05) is 60.8 Å². The van der Waals surface area contributed by atoms with Crippen molar-refractivity contribution in [3.63, 3.8) is 0 Å². The van der Waals surface area contributed by atoms with Crippen LogP contribution in [0.15, 0.2) is 66.3 Å². The van der Waals surface area contributed by atoms with E-state index in [4.69, 9.17) is 11.6 Å². The number of benzene rings is 2. The molecule has 0 aliphatic rings. The van der Waals surface area contributed by atoms with E-state index in [1.54, 1.807) is 29.4 Å². The first-order valence-electron chi connectivity index (χ1n) is 9.77. The number of carbonyl (C=O) groups is 1. The molecule has 0 saturated carbocycles. The number of rotatable bonds is 6. The minimum Gasteiger partial charge on any atom is -0.507 e. The van der Waals surface area contributed by atoms with Crippen LogP contribution < -0.4 is 9.80 Å². The molecule has 2 aromatic heterocycles. The second kappa shape index (κ2) is 8.96. The van der Waals surface area contributed by atoms with Gasteiger partial charge in [0.15, 0.2) is 0 Å². The summed E-state index contributed by atoms with van der Waals surface area (Å²) >= 11 is 7.63. The molecular formula is C24H22ClN3O2S. The number of fused-ring (bicyclic) bond motifs is 1. The average molecular weight is 452 g/mol. The normalized spacial score (nSPS) is 10.9. The van der Waals surface area contributed by atoms with E-state index < -0.39 is 0 Å². The maximum Gasteiger partial charge on any atom is 0.231 e. The molecular weight excluding hydrogens is 430 g/mol. The van der Waals surface area contributed by atoms with Crippen LogP contribution in [0.5, 0.6) is 5.75 Å². The van der Waals surface area contributed by atoms with Gasteiger partial charge in [-0.25, -0.2) is 0 Å². The molecule has 158 valence electrons. The number of carbonyl (C=O) groups excluding carboxylic acids is 1. The summed E-state index contributed by atoms with van der Waals surface area (Å²) in [6, 6.07) is 15.0. The fourth-order valence-electron chi connectivity index (χ4n) is 3.53. The smallest absolute Gasteiger partial charge is 0.231 e. The van der Waals surface area contributed by atoms with Gasteiger partial charge in [-0.1, -0.05) is 23.7 Å². The van der Waals surface area contributed by atoms with E-state index >= 15 is 0 Å². The van der Waals surface area contributed by atoms with Gasteiger partial charge in [0, 0.05) is 58.9 Å². The predicted molar refractivity (Wildman–Crippen MR) is 128 cm³/mol. The van der Waals surface area contributed by atoms with Crippen LogP contribution in [-0.4, -0.2) is 30.1 Å². The van der Waals surface area contributed by atoms with Crippen LogP contribution in [-0.2, 0) is 17.8 Å². The van der Waals surface area contributed by atoms with Gasteiger partial charge in [-0.05, 0) is 42.0 Å². The molecule has 7 heteroatoms. The molecule has 2 aromatic carbocycles. The van der Waals surface area contributed by atoms with Crippen molar-refractivity contribution < 1.29 is 9.90 Å². The first kappa shape index (κ1) is 21.2. The molecule has 4 rings (SSSR count). The van der Waals surface area contributed by atoms with Crippen LogP contribution in [0.4, 0.5) is 11.4 Å². The van der Waals surface area contributed by atoms with Gasteiger partial charge in [-0.3, -0.25) is 9.78 Å². The highest BCUT2D eigenvalue weighted by Crippen LogP contribution is 2.30. The third kappa shape index (κ3) is 4.65. The number of aromatic hydroxyl groups is 1. The monoisotopic (exact) mass is 451 g/mol. The predicted octanol–water partition coefficient (Wildman–Crippen LogP) is 5.50. The quantitative estimate of drug-likeness (QED) is 0.420. The number of anilines is 2. The molecule has 0 fully saturated rings. The van der Waals surface area contributed by atoms with Crippen LogP contribution in [0.2, 0.25) is 5.02 Å². The number of nitrogens with zero attached hydrogens (tertiary/aromatic N) is 3. The Morgan fingerprint density at radius 2 is 1.84 bits per heavy atom. The van der Waals surface area contributed by atoms with Crippen molar-refractivity contribution in [2.45, 2.75) is 13.0 Å². The summed E-state index contributed by atoms with van der Waals surface area (Å²) in [5.41, 5.74) is 2.55. The molecule has 0 bridgehead atoms. The van der Waals surface area contributed by atoms with Gasteiger partial charge >= 0.3 is 0 Å². The van der Waals surface area contributed by atoms with Crippen molar-refractivity contribution in [2.75, 3.05) is 23.9 Å². The number of thiophene rings is 1. The van der Waals surface area contributed by atoms with Gasteiger partial charge in [0.25, 0.3) is 0 Å². The summed E-state index contributed by atoms with van der Waals surface area (Å²) < 4.78 is 0. The molecule has 0 saturated heterocycles. The van der Waals surface area contributed by atoms with Crippen molar-refractivity contribution in [3.05, 3.63) is 81.8 Å². The second-order valence-electron chi connectivity index (χ2n) is 7.47. The first-order chi connectivity index (χ1) is 14.9. The minimum absolute atomic E-state index is 0.0836. The van der Waals surface area contributed by atoms with Gasteiger partial charge in [0.2, 0.25) is 5.91 Å². The van der Waals surface area contributed by atoms with Crippen LogP contribution in [0, 0.1) is 0 Å². The molecule has 0 radical (unpaired) electrons. The van der Waals surface area contributed by atoms with Crippen molar-refractivity contribution >= 4 is 51.0 Å². The highest BCUT2D eigenvalue weighted by molar-refractivity contribution is 7.10. The van der Waals surface area contributed by atoms with Crippen LogP contribution in [0.1, 0.15) is 10.4 Å². The molecule has 0 aliphatic carbocycles. The van der Waals surface area contributed by atoms with Crippen molar-refractivity contribution in [2.24, 2.45) is 0 Å². The highest BCUT2D eigenvalue weighted by Gasteiger charge is 2.20. The van der Waals surface area contributed by atoms with Gasteiger partial charge in [0.05, 0.1) is 18.0 Å². The molecule has 4 aromatic rings. The largest absolute Gasteiger partial charge is 0.507 e. The molecule has 2 heterocycles. The van der Waals surface area contributed by atoms with E-state index in [-0.39, 0.29) is 18.1 Å². The Morgan fingerprint density at radius 1 is 1.10 bits per heavy atom. The SMILES string of the molecule is CN(C)c1ccc(N(Cc2cc(Cl)cs2)C(=O)Cc2cncc3cccc(O)c23)cc1. The van der Waals surface area contributed by atoms with Crippen molar-refractivity contribution in [3.8, 4) is 5.75 Å². The summed E-state index contributed by atoms with van der Waals surface area (Å²) in [6.07, 6.45) is 3.46. The molecule has 0 spiro atoms. The standard InChI is InChI=1S/C24H22ClN3O2S/c1-27(2)19-6-8-20(9-7-19)28(14-21-11-18(25)15-31-21)23(30)10-17-13-26-12-16-4-3-5-22(29)24(16)17/h3-9,11-13,15,29H,10,14H2,1-2H3. The summed E-state index contributed by atoms with van der Waals surface area (Å²) in [5, 5.41) is 14.4. The number of hydrogen-bond donors (Lipinski definition) is 1. The zero-order valence-corrected chi connectivity index (χ0v) is 18.8. The Morgan fingerprint density at radius 3 is 2.52 bits per heavy atom. The number of hydrogen-bond acceptors (Lipinski definition) is 5. The van der Waals surface area contributed by atoms with Crippen molar-refractivity contribution in [1.29, 1.82) is 0 Å². The number of aromatic nitrogens is 1. The number of pyridine rings is 1. The minimum atomic E-state index is -0.0836. The lowest BCUT2D eigenvalue weighted by molar-refractivity contribution is -0.118. The Bertz CT molecular complexity index is 1220. The fraction of sp³-hybridized carbons (Fsp3) is 0.167. The molecule has 1 N–H and O–H groups in total. The van der Waals surface area contributed by atoms with Gasteiger partial charge in [-0.15, -0.1) is 11.3 Å². The lowest BCUT2D eigenvalue weighted by atomic mass is 10.0. The van der Waals surface area contributed by atoms with E-state index in [1.165, 1.54) is 11.3 Å². The summed E-state index contributed by atoms with van der Waals surface area (Å²) in [4.78, 5) is 22.5. The number of halogens is 1. The number of amides is 1. The van der Waals surface area contributed by atoms with Crippen LogP contribution in [0.3, 0.4) is 0 Å². The van der Waals surface area contributed by atoms with Gasteiger partial charge in [-0.2, -0.15) is 0 Å². The van der Waals surface area contributed by atoms with E-state index in [2.05, 4.69) is 4.98 Å². The molecule has 5 nitrogen and oxygen atoms in total. The second-order valence-corrected chi connectivity index (χ2v) is 8.90. The van der Waals surface area contributed by atoms with E-state index in [0.717, 1.165) is 21.6 Å². The lowest BCUT2D eigenvalue weighted by Gasteiger charge is -2.24.